The van der Waals surface area contributed by atoms with Gasteiger partial charge in [-0.1, -0.05) is 6.92 Å². The van der Waals surface area contributed by atoms with Crippen molar-refractivity contribution in [1.82, 2.24) is 5.32 Å². The lowest BCUT2D eigenvalue weighted by atomic mass is 9.49. The topological polar surface area (TPSA) is 108 Å². The molecule has 4 aliphatic carbocycles. The van der Waals surface area contributed by atoms with E-state index in [-0.39, 0.29) is 30.5 Å². The number of nitrogens with one attached hydrogen (secondary N) is 1. The quantitative estimate of drug-likeness (QED) is 0.495. The molecule has 4 saturated carbocycles. The molecule has 0 aromatic rings. The molecule has 154 valence electrons. The van der Waals surface area contributed by atoms with E-state index in [1.54, 1.807) is 6.92 Å². The molecule has 7 heteroatoms. The minimum atomic E-state index is -1.17. The maximum absolute atomic E-state index is 12.9. The van der Waals surface area contributed by atoms with E-state index in [2.05, 4.69) is 5.32 Å². The molecule has 5 fully saturated rings. The lowest BCUT2D eigenvalue weighted by molar-refractivity contribution is -0.287. The molecule has 5 atom stereocenters. The zero-order chi connectivity index (χ0) is 19.2. The monoisotopic (exact) mass is 383 g/mol. The average molecular weight is 383 g/mol. The fraction of sp³-hybridized carbons (Fsp3) is 0.950. The van der Waals surface area contributed by atoms with Crippen molar-refractivity contribution in [3.05, 3.63) is 0 Å². The summed E-state index contributed by atoms with van der Waals surface area (Å²) in [5.74, 6) is 1.95. The highest BCUT2D eigenvalue weighted by Gasteiger charge is 2.54. The van der Waals surface area contributed by atoms with Crippen LogP contribution in [0.5, 0.6) is 0 Å². The maximum Gasteiger partial charge on any atom is 0.226 e. The highest BCUT2D eigenvalue weighted by atomic mass is 16.7. The summed E-state index contributed by atoms with van der Waals surface area (Å²) in [5.41, 5.74) is -0.177. The summed E-state index contributed by atoms with van der Waals surface area (Å²) in [6.07, 6.45) is 3.25. The molecular weight excluding hydrogens is 350 g/mol. The number of carbonyl (C=O) groups excluding carboxylic acids is 1. The second-order valence-electron chi connectivity index (χ2n) is 9.39. The maximum atomic E-state index is 12.9. The van der Waals surface area contributed by atoms with Crippen LogP contribution in [0.2, 0.25) is 0 Å². The molecule has 7 nitrogen and oxygen atoms in total. The van der Waals surface area contributed by atoms with Crippen molar-refractivity contribution in [3.63, 3.8) is 0 Å². The third-order valence-electron chi connectivity index (χ3n) is 7.43. The van der Waals surface area contributed by atoms with Gasteiger partial charge in [-0.15, -0.1) is 0 Å². The van der Waals surface area contributed by atoms with Crippen molar-refractivity contribution in [2.45, 2.75) is 70.1 Å². The van der Waals surface area contributed by atoms with Crippen LogP contribution in [0.15, 0.2) is 0 Å². The number of amides is 1. The number of rotatable bonds is 6. The Balaban J connectivity index is 1.25. The summed E-state index contributed by atoms with van der Waals surface area (Å²) in [4.78, 5) is 12.9. The van der Waals surface area contributed by atoms with Crippen LogP contribution < -0.4 is 5.32 Å². The summed E-state index contributed by atoms with van der Waals surface area (Å²) in [7, 11) is 0. The van der Waals surface area contributed by atoms with Crippen molar-refractivity contribution in [2.24, 2.45) is 29.1 Å². The first-order valence-corrected chi connectivity index (χ1v) is 10.4. The van der Waals surface area contributed by atoms with Crippen LogP contribution in [0.25, 0.3) is 0 Å². The highest BCUT2D eigenvalue weighted by Crippen LogP contribution is 2.60. The van der Waals surface area contributed by atoms with E-state index in [1.165, 1.54) is 19.3 Å². The second kappa shape index (κ2) is 7.59. The summed E-state index contributed by atoms with van der Waals surface area (Å²) in [5, 5.41) is 32.6. The van der Waals surface area contributed by atoms with Crippen LogP contribution in [0.4, 0.5) is 0 Å². The van der Waals surface area contributed by atoms with Crippen molar-refractivity contribution in [3.8, 4) is 0 Å². The number of aliphatic hydroxyl groups excluding tert-OH is 3. The van der Waals surface area contributed by atoms with Gasteiger partial charge in [0.15, 0.2) is 6.29 Å². The van der Waals surface area contributed by atoms with Gasteiger partial charge in [0.1, 0.15) is 6.10 Å². The molecule has 5 rings (SSSR count). The van der Waals surface area contributed by atoms with E-state index < -0.39 is 24.6 Å². The largest absolute Gasteiger partial charge is 0.394 e. The molecule has 0 spiro atoms. The van der Waals surface area contributed by atoms with E-state index in [0.29, 0.717) is 6.54 Å². The third kappa shape index (κ3) is 3.65. The summed E-state index contributed by atoms with van der Waals surface area (Å²) < 4.78 is 11.1. The smallest absolute Gasteiger partial charge is 0.226 e. The summed E-state index contributed by atoms with van der Waals surface area (Å²) in [6, 6.07) is 0. The van der Waals surface area contributed by atoms with Gasteiger partial charge in [-0.05, 0) is 56.3 Å². The molecule has 0 radical (unpaired) electrons. The fourth-order valence-corrected chi connectivity index (χ4v) is 6.33. The summed E-state index contributed by atoms with van der Waals surface area (Å²) in [6.45, 7) is 2.02. The van der Waals surface area contributed by atoms with Gasteiger partial charge in [0, 0.05) is 17.9 Å². The van der Waals surface area contributed by atoms with Gasteiger partial charge in [0.05, 0.1) is 25.4 Å². The van der Waals surface area contributed by atoms with Gasteiger partial charge < -0.3 is 30.1 Å². The standard InChI is InChI=1S/C20H33NO6/c1-11-15(10-22)27-18(17(24)16(11)23)26-3-2-21-19(25)20-7-12-4-13(8-20)6-14(5-12)9-20/h11-18,22-24H,2-10H2,1H3,(H,21,25)/t11-,12?,13?,14?,15?,16?,17+,18+,20?/m1/s1. The van der Waals surface area contributed by atoms with Crippen molar-refractivity contribution < 1.29 is 29.6 Å². The van der Waals surface area contributed by atoms with Crippen LogP contribution in [0.3, 0.4) is 0 Å². The second-order valence-corrected chi connectivity index (χ2v) is 9.39. The minimum absolute atomic E-state index is 0.150. The van der Waals surface area contributed by atoms with E-state index in [9.17, 15) is 20.1 Å². The van der Waals surface area contributed by atoms with Crippen molar-refractivity contribution in [2.75, 3.05) is 19.8 Å². The Morgan fingerprint density at radius 1 is 1.11 bits per heavy atom. The van der Waals surface area contributed by atoms with Crippen LogP contribution in [0.1, 0.15) is 45.4 Å². The average Bonchev–Trinajstić information content (AvgIpc) is 2.63. The number of hydrogen-bond donors (Lipinski definition) is 4. The third-order valence-corrected chi connectivity index (χ3v) is 7.43. The number of carbonyl (C=O) groups is 1. The first-order valence-electron chi connectivity index (χ1n) is 10.4. The van der Waals surface area contributed by atoms with Crippen molar-refractivity contribution in [1.29, 1.82) is 0 Å². The fourth-order valence-electron chi connectivity index (χ4n) is 6.33. The molecule has 2 unspecified atom stereocenters. The van der Waals surface area contributed by atoms with Gasteiger partial charge in [0.25, 0.3) is 0 Å². The van der Waals surface area contributed by atoms with Crippen molar-refractivity contribution >= 4 is 5.91 Å². The Labute approximate surface area is 160 Å². The minimum Gasteiger partial charge on any atom is -0.394 e. The van der Waals surface area contributed by atoms with Crippen LogP contribution in [0, 0.1) is 29.1 Å². The zero-order valence-electron chi connectivity index (χ0n) is 16.0. The van der Waals surface area contributed by atoms with Gasteiger partial charge in [-0.25, -0.2) is 0 Å². The molecule has 1 amide bonds. The Morgan fingerprint density at radius 3 is 2.26 bits per heavy atom. The summed E-state index contributed by atoms with van der Waals surface area (Å²) >= 11 is 0. The lowest BCUT2D eigenvalue weighted by Crippen LogP contribution is -2.56. The molecule has 5 aliphatic rings. The molecule has 0 aromatic heterocycles. The molecule has 27 heavy (non-hydrogen) atoms. The van der Waals surface area contributed by atoms with Gasteiger partial charge in [-0.3, -0.25) is 4.79 Å². The predicted octanol–water partition coefficient (Wildman–Crippen LogP) is 0.411. The molecule has 1 heterocycles. The molecule has 1 aliphatic heterocycles. The molecule has 1 saturated heterocycles. The lowest BCUT2D eigenvalue weighted by Gasteiger charge is -2.55. The van der Waals surface area contributed by atoms with E-state index in [1.807, 2.05) is 0 Å². The molecular formula is C20H33NO6. The van der Waals surface area contributed by atoms with Gasteiger partial charge in [-0.2, -0.15) is 0 Å². The van der Waals surface area contributed by atoms with Crippen LogP contribution in [-0.4, -0.2) is 65.6 Å². The number of hydrogen-bond acceptors (Lipinski definition) is 6. The van der Waals surface area contributed by atoms with E-state index in [0.717, 1.165) is 37.0 Å². The number of ether oxygens (including phenoxy) is 2. The van der Waals surface area contributed by atoms with Crippen LogP contribution in [-0.2, 0) is 14.3 Å². The molecule has 0 aromatic carbocycles. The Morgan fingerprint density at radius 2 is 1.70 bits per heavy atom. The van der Waals surface area contributed by atoms with E-state index in [4.69, 9.17) is 9.47 Å². The highest BCUT2D eigenvalue weighted by molar-refractivity contribution is 5.83. The number of aliphatic hydroxyl groups is 3. The van der Waals surface area contributed by atoms with E-state index >= 15 is 0 Å². The van der Waals surface area contributed by atoms with Gasteiger partial charge >= 0.3 is 0 Å². The molecule has 4 N–H and O–H groups in total. The molecule has 4 bridgehead atoms. The SMILES string of the molecule is C[C@@H]1C(CO)O[C@H](OCCNC(=O)C23CC4CC(CC(C4)C2)C3)[C@@H](O)C1O. The first kappa shape index (κ1) is 19.6. The van der Waals surface area contributed by atoms with Gasteiger partial charge in [0.2, 0.25) is 5.91 Å². The normalized spacial score (nSPS) is 48.6. The first-order chi connectivity index (χ1) is 12.9. The Hall–Kier alpha value is -0.730. The van der Waals surface area contributed by atoms with Crippen LogP contribution >= 0.6 is 0 Å². The predicted molar refractivity (Wildman–Crippen MR) is 96.5 cm³/mol. The zero-order valence-corrected chi connectivity index (χ0v) is 16.0. The Bertz CT molecular complexity index is 517. The Kier molecular flexibility index (Phi) is 5.51.